The summed E-state index contributed by atoms with van der Waals surface area (Å²) in [5.74, 6) is -0.220. The van der Waals surface area contributed by atoms with Gasteiger partial charge < -0.3 is 4.74 Å². The first-order valence-electron chi connectivity index (χ1n) is 5.47. The van der Waals surface area contributed by atoms with Crippen molar-refractivity contribution in [3.63, 3.8) is 0 Å². The maximum Gasteiger partial charge on any atom is 0.142 e. The lowest BCUT2D eigenvalue weighted by molar-refractivity contribution is -0.119. The largest absolute Gasteiger partial charge is 0.384 e. The topological polar surface area (TPSA) is 26.3 Å². The molecule has 0 aliphatic carbocycles. The predicted octanol–water partition coefficient (Wildman–Crippen LogP) is 3.26. The van der Waals surface area contributed by atoms with Gasteiger partial charge in [0.2, 0.25) is 0 Å². The number of hydrogen-bond donors (Lipinski definition) is 0. The fourth-order valence-electron chi connectivity index (χ4n) is 1.68. The van der Waals surface area contributed by atoms with Crippen LogP contribution in [0.25, 0.3) is 0 Å². The molecule has 1 aromatic carbocycles. The Morgan fingerprint density at radius 3 is 2.82 bits per heavy atom. The Labute approximate surface area is 106 Å². The van der Waals surface area contributed by atoms with Crippen LogP contribution >= 0.6 is 11.6 Å². The summed E-state index contributed by atoms with van der Waals surface area (Å²) in [7, 11) is 1.61. The van der Waals surface area contributed by atoms with Crippen LogP contribution < -0.4 is 0 Å². The lowest BCUT2D eigenvalue weighted by Crippen LogP contribution is -2.12. The van der Waals surface area contributed by atoms with Crippen molar-refractivity contribution >= 4 is 17.4 Å². The molecular formula is C13H16ClFO2. The van der Waals surface area contributed by atoms with Crippen molar-refractivity contribution in [2.24, 2.45) is 5.92 Å². The van der Waals surface area contributed by atoms with Crippen LogP contribution in [-0.2, 0) is 16.0 Å². The van der Waals surface area contributed by atoms with Crippen molar-refractivity contribution in [2.75, 3.05) is 13.7 Å². The van der Waals surface area contributed by atoms with Gasteiger partial charge in [-0.1, -0.05) is 24.6 Å². The molecule has 94 valence electrons. The van der Waals surface area contributed by atoms with E-state index in [1.165, 1.54) is 12.1 Å². The van der Waals surface area contributed by atoms with Gasteiger partial charge in [0, 0.05) is 26.6 Å². The van der Waals surface area contributed by atoms with Gasteiger partial charge >= 0.3 is 0 Å². The molecule has 0 heterocycles. The van der Waals surface area contributed by atoms with Crippen molar-refractivity contribution in [2.45, 2.75) is 19.8 Å². The highest BCUT2D eigenvalue weighted by Crippen LogP contribution is 2.16. The number of halogens is 2. The smallest absolute Gasteiger partial charge is 0.142 e. The van der Waals surface area contributed by atoms with Crippen LogP contribution in [0, 0.1) is 11.7 Å². The van der Waals surface area contributed by atoms with Crippen LogP contribution in [0.5, 0.6) is 0 Å². The molecule has 0 bridgehead atoms. The Hall–Kier alpha value is -0.930. The molecule has 0 amide bonds. The summed E-state index contributed by atoms with van der Waals surface area (Å²) in [6, 6.07) is 4.45. The zero-order valence-corrected chi connectivity index (χ0v) is 10.8. The van der Waals surface area contributed by atoms with Gasteiger partial charge in [-0.05, 0) is 23.6 Å². The summed E-state index contributed by atoms with van der Waals surface area (Å²) in [5.41, 5.74) is 0.654. The molecule has 4 heteroatoms. The van der Waals surface area contributed by atoms with Crippen LogP contribution in [0.1, 0.15) is 18.9 Å². The van der Waals surface area contributed by atoms with E-state index in [0.717, 1.165) is 0 Å². The van der Waals surface area contributed by atoms with Crippen LogP contribution in [0.4, 0.5) is 4.39 Å². The Morgan fingerprint density at radius 2 is 2.24 bits per heavy atom. The molecule has 2 nitrogen and oxygen atoms in total. The lowest BCUT2D eigenvalue weighted by atomic mass is 10.0. The van der Waals surface area contributed by atoms with Crippen LogP contribution in [-0.4, -0.2) is 19.5 Å². The van der Waals surface area contributed by atoms with Gasteiger partial charge in [0.1, 0.15) is 11.6 Å². The highest BCUT2D eigenvalue weighted by atomic mass is 35.5. The van der Waals surface area contributed by atoms with Crippen molar-refractivity contribution in [3.8, 4) is 0 Å². The van der Waals surface area contributed by atoms with E-state index in [0.29, 0.717) is 18.6 Å². The van der Waals surface area contributed by atoms with Gasteiger partial charge in [-0.25, -0.2) is 4.39 Å². The highest BCUT2D eigenvalue weighted by Gasteiger charge is 2.10. The lowest BCUT2D eigenvalue weighted by Gasteiger charge is -2.09. The van der Waals surface area contributed by atoms with E-state index >= 15 is 0 Å². The standard InChI is InChI=1S/C13H16ClFO2/c1-9(8-17-2)5-11(16)6-10-3-4-12(14)13(15)7-10/h3-4,7,9H,5-6,8H2,1-2H3. The Balaban J connectivity index is 2.53. The van der Waals surface area contributed by atoms with E-state index in [9.17, 15) is 9.18 Å². The van der Waals surface area contributed by atoms with Crippen molar-refractivity contribution in [1.29, 1.82) is 0 Å². The van der Waals surface area contributed by atoms with Gasteiger partial charge in [-0.3, -0.25) is 4.79 Å². The van der Waals surface area contributed by atoms with Crippen LogP contribution in [0.2, 0.25) is 5.02 Å². The first kappa shape index (κ1) is 14.1. The van der Waals surface area contributed by atoms with Gasteiger partial charge in [-0.15, -0.1) is 0 Å². The number of ether oxygens (including phenoxy) is 1. The average Bonchev–Trinajstić information content (AvgIpc) is 2.23. The second-order valence-electron chi connectivity index (χ2n) is 4.23. The maximum atomic E-state index is 13.1. The molecule has 1 aromatic rings. The zero-order valence-electron chi connectivity index (χ0n) is 10.0. The van der Waals surface area contributed by atoms with E-state index in [4.69, 9.17) is 16.3 Å². The third kappa shape index (κ3) is 4.84. The zero-order chi connectivity index (χ0) is 12.8. The number of methoxy groups -OCH3 is 1. The van der Waals surface area contributed by atoms with E-state index < -0.39 is 5.82 Å². The number of benzene rings is 1. The number of hydrogen-bond acceptors (Lipinski definition) is 2. The fourth-order valence-corrected chi connectivity index (χ4v) is 1.80. The molecule has 0 saturated heterocycles. The average molecular weight is 259 g/mol. The van der Waals surface area contributed by atoms with Gasteiger partial charge in [0.15, 0.2) is 0 Å². The summed E-state index contributed by atoms with van der Waals surface area (Å²) < 4.78 is 18.1. The van der Waals surface area contributed by atoms with E-state index in [2.05, 4.69) is 0 Å². The molecule has 0 aliphatic rings. The number of carbonyl (C=O) groups is 1. The summed E-state index contributed by atoms with van der Waals surface area (Å²) in [6.07, 6.45) is 0.681. The summed E-state index contributed by atoms with van der Waals surface area (Å²) >= 11 is 5.57. The maximum absolute atomic E-state index is 13.1. The number of rotatable bonds is 6. The van der Waals surface area contributed by atoms with Crippen molar-refractivity contribution < 1.29 is 13.9 Å². The minimum atomic E-state index is -0.484. The third-order valence-electron chi connectivity index (χ3n) is 2.41. The fraction of sp³-hybridized carbons (Fsp3) is 0.462. The minimum absolute atomic E-state index is 0.0777. The molecule has 17 heavy (non-hydrogen) atoms. The molecule has 0 saturated carbocycles. The molecule has 0 fully saturated rings. The van der Waals surface area contributed by atoms with Gasteiger partial charge in [0.25, 0.3) is 0 Å². The number of Topliss-reactive ketones (excluding diaryl/α,β-unsaturated/α-hetero) is 1. The van der Waals surface area contributed by atoms with E-state index in [-0.39, 0.29) is 23.1 Å². The number of ketones is 1. The van der Waals surface area contributed by atoms with Crippen molar-refractivity contribution in [1.82, 2.24) is 0 Å². The van der Waals surface area contributed by atoms with Crippen molar-refractivity contribution in [3.05, 3.63) is 34.6 Å². The Bertz CT molecular complexity index is 393. The Morgan fingerprint density at radius 1 is 1.53 bits per heavy atom. The molecule has 0 aromatic heterocycles. The molecule has 0 radical (unpaired) electrons. The quantitative estimate of drug-likeness (QED) is 0.783. The highest BCUT2D eigenvalue weighted by molar-refractivity contribution is 6.30. The number of carbonyl (C=O) groups excluding carboxylic acids is 1. The third-order valence-corrected chi connectivity index (χ3v) is 2.72. The molecule has 1 unspecified atom stereocenters. The molecule has 0 spiro atoms. The van der Waals surface area contributed by atoms with E-state index in [1.807, 2.05) is 6.92 Å². The molecule has 0 N–H and O–H groups in total. The van der Waals surface area contributed by atoms with Crippen LogP contribution in [0.3, 0.4) is 0 Å². The summed E-state index contributed by atoms with van der Waals surface area (Å²) in [4.78, 5) is 11.7. The summed E-state index contributed by atoms with van der Waals surface area (Å²) in [5, 5.41) is 0.0777. The second kappa shape index (κ2) is 6.72. The van der Waals surface area contributed by atoms with Crippen LogP contribution in [0.15, 0.2) is 18.2 Å². The monoisotopic (exact) mass is 258 g/mol. The predicted molar refractivity (Wildman–Crippen MR) is 65.8 cm³/mol. The molecular weight excluding hydrogens is 243 g/mol. The molecule has 0 aliphatic heterocycles. The Kier molecular flexibility index (Phi) is 5.59. The van der Waals surface area contributed by atoms with Gasteiger partial charge in [0.05, 0.1) is 5.02 Å². The second-order valence-corrected chi connectivity index (χ2v) is 4.64. The molecule has 1 atom stereocenters. The summed E-state index contributed by atoms with van der Waals surface area (Å²) in [6.45, 7) is 2.50. The van der Waals surface area contributed by atoms with E-state index in [1.54, 1.807) is 13.2 Å². The SMILES string of the molecule is COCC(C)CC(=O)Cc1ccc(Cl)c(F)c1. The van der Waals surface area contributed by atoms with Gasteiger partial charge in [-0.2, -0.15) is 0 Å². The molecule has 1 rings (SSSR count). The first-order valence-corrected chi connectivity index (χ1v) is 5.85. The normalized spacial score (nSPS) is 12.5. The first-order chi connectivity index (χ1) is 8.02. The minimum Gasteiger partial charge on any atom is -0.384 e.